The van der Waals surface area contributed by atoms with Crippen LogP contribution in [0.5, 0.6) is 0 Å². The van der Waals surface area contributed by atoms with Crippen molar-refractivity contribution in [1.29, 1.82) is 0 Å². The van der Waals surface area contributed by atoms with Gasteiger partial charge < -0.3 is 45.5 Å². The molecule has 0 aliphatic rings. The van der Waals surface area contributed by atoms with Crippen LogP contribution in [0.2, 0.25) is 0 Å². The molecule has 0 aliphatic heterocycles. The summed E-state index contributed by atoms with van der Waals surface area (Å²) >= 11 is 0. The zero-order valence-electron chi connectivity index (χ0n) is 32.6. The van der Waals surface area contributed by atoms with Gasteiger partial charge in [0, 0.05) is 13.1 Å². The smallest absolute Gasteiger partial charge is 0.408 e. The molecule has 0 aliphatic carbocycles. The van der Waals surface area contributed by atoms with E-state index in [9.17, 15) is 28.8 Å². The lowest BCUT2D eigenvalue weighted by atomic mass is 10.1. The van der Waals surface area contributed by atoms with E-state index in [0.717, 1.165) is 5.56 Å². The maximum atomic E-state index is 13.4. The molecule has 0 fully saturated rings. The van der Waals surface area contributed by atoms with E-state index in [1.807, 2.05) is 18.2 Å². The molecule has 15 nitrogen and oxygen atoms in total. The van der Waals surface area contributed by atoms with E-state index in [-0.39, 0.29) is 26.0 Å². The second-order valence-electron chi connectivity index (χ2n) is 15.4. The average Bonchev–Trinajstić information content (AvgIpc) is 2.99. The molecule has 5 N–H and O–H groups in total. The summed E-state index contributed by atoms with van der Waals surface area (Å²) in [5.41, 5.74) is -1.32. The van der Waals surface area contributed by atoms with Crippen LogP contribution >= 0.6 is 0 Å². The van der Waals surface area contributed by atoms with E-state index < -0.39 is 71.0 Å². The largest absolute Gasteiger partial charge is 0.459 e. The molecule has 294 valence electrons. The van der Waals surface area contributed by atoms with Crippen LogP contribution in [-0.4, -0.2) is 84.1 Å². The number of benzene rings is 1. The summed E-state index contributed by atoms with van der Waals surface area (Å²) in [6, 6.07) is 5.89. The average molecular weight is 736 g/mol. The number of rotatable bonds is 18. The fraction of sp³-hybridized carbons (Fsp3) is 0.676. The Morgan fingerprint density at radius 3 is 1.52 bits per heavy atom. The number of amides is 5. The van der Waals surface area contributed by atoms with Gasteiger partial charge in [0.1, 0.15) is 41.5 Å². The molecule has 3 atom stereocenters. The van der Waals surface area contributed by atoms with Gasteiger partial charge in [0.05, 0.1) is 0 Å². The highest BCUT2D eigenvalue weighted by Gasteiger charge is 2.29. The van der Waals surface area contributed by atoms with Crippen LogP contribution in [0.3, 0.4) is 0 Å². The molecule has 0 bridgehead atoms. The Hall–Kier alpha value is -4.56. The third-order valence-electron chi connectivity index (χ3n) is 6.76. The number of nitrogens with one attached hydrogen (secondary N) is 5. The van der Waals surface area contributed by atoms with E-state index in [1.54, 1.807) is 74.4 Å². The summed E-state index contributed by atoms with van der Waals surface area (Å²) in [7, 11) is 0. The zero-order chi connectivity index (χ0) is 39.5. The SMILES string of the molecule is C[C@H](NC(=O)[C@H](CCCCNC(=O)OC(C)(C)C)NC(=O)OC(C)(C)C)C(=O)N[C@@H](CCCCNC(=O)OC(C)(C)C)C(=O)OCc1ccccc1. The van der Waals surface area contributed by atoms with Gasteiger partial charge in [0.2, 0.25) is 11.8 Å². The lowest BCUT2D eigenvalue weighted by Gasteiger charge is -2.25. The summed E-state index contributed by atoms with van der Waals surface area (Å²) in [4.78, 5) is 76.3. The van der Waals surface area contributed by atoms with E-state index in [1.165, 1.54) is 6.92 Å². The second-order valence-corrected chi connectivity index (χ2v) is 15.4. The maximum Gasteiger partial charge on any atom is 0.408 e. The van der Waals surface area contributed by atoms with Crippen molar-refractivity contribution >= 4 is 36.1 Å². The van der Waals surface area contributed by atoms with Crippen molar-refractivity contribution in [2.45, 2.75) is 149 Å². The molecule has 5 amide bonds. The minimum absolute atomic E-state index is 0.00381. The first-order valence-electron chi connectivity index (χ1n) is 17.8. The monoisotopic (exact) mass is 735 g/mol. The van der Waals surface area contributed by atoms with E-state index in [0.29, 0.717) is 32.2 Å². The number of hydrogen-bond donors (Lipinski definition) is 5. The van der Waals surface area contributed by atoms with Crippen LogP contribution in [0.4, 0.5) is 14.4 Å². The third kappa shape index (κ3) is 22.3. The van der Waals surface area contributed by atoms with Gasteiger partial charge >= 0.3 is 24.2 Å². The fourth-order valence-electron chi connectivity index (χ4n) is 4.43. The van der Waals surface area contributed by atoms with Crippen molar-refractivity contribution < 1.29 is 47.7 Å². The normalized spacial score (nSPS) is 13.3. The molecular formula is C37H61N5O10. The number of hydrogen-bond acceptors (Lipinski definition) is 10. The summed E-state index contributed by atoms with van der Waals surface area (Å²) in [5.74, 6) is -1.93. The van der Waals surface area contributed by atoms with Crippen molar-refractivity contribution in [3.05, 3.63) is 35.9 Å². The van der Waals surface area contributed by atoms with Crippen LogP contribution in [0.25, 0.3) is 0 Å². The Labute approximate surface area is 308 Å². The molecule has 52 heavy (non-hydrogen) atoms. The van der Waals surface area contributed by atoms with E-state index >= 15 is 0 Å². The molecule has 0 saturated heterocycles. The van der Waals surface area contributed by atoms with Crippen molar-refractivity contribution in [3.8, 4) is 0 Å². The van der Waals surface area contributed by atoms with Crippen LogP contribution in [0.15, 0.2) is 30.3 Å². The van der Waals surface area contributed by atoms with Crippen molar-refractivity contribution in [3.63, 3.8) is 0 Å². The van der Waals surface area contributed by atoms with Crippen LogP contribution in [-0.2, 0) is 39.9 Å². The number of alkyl carbamates (subject to hydrolysis) is 3. The van der Waals surface area contributed by atoms with Crippen LogP contribution in [0, 0.1) is 0 Å². The van der Waals surface area contributed by atoms with Gasteiger partial charge in [-0.1, -0.05) is 30.3 Å². The Kier molecular flexibility index (Phi) is 19.0. The Morgan fingerprint density at radius 1 is 0.577 bits per heavy atom. The summed E-state index contributed by atoms with van der Waals surface area (Å²) in [6.07, 6.45) is 0.324. The maximum absolute atomic E-state index is 13.4. The first kappa shape index (κ1) is 45.5. The first-order valence-corrected chi connectivity index (χ1v) is 17.8. The molecule has 1 rings (SSSR count). The van der Waals surface area contributed by atoms with Gasteiger partial charge in [-0.3, -0.25) is 9.59 Å². The topological polar surface area (TPSA) is 199 Å². The fourth-order valence-corrected chi connectivity index (χ4v) is 4.43. The highest BCUT2D eigenvalue weighted by Crippen LogP contribution is 2.11. The van der Waals surface area contributed by atoms with Crippen molar-refractivity contribution in [2.24, 2.45) is 0 Å². The highest BCUT2D eigenvalue weighted by atomic mass is 16.6. The summed E-state index contributed by atoms with van der Waals surface area (Å²) < 4.78 is 21.3. The minimum Gasteiger partial charge on any atom is -0.459 e. The summed E-state index contributed by atoms with van der Waals surface area (Å²) in [5, 5.41) is 13.2. The molecule has 1 aromatic rings. The lowest BCUT2D eigenvalue weighted by Crippen LogP contribution is -2.55. The van der Waals surface area contributed by atoms with Crippen LogP contribution in [0.1, 0.15) is 113 Å². The molecule has 0 aromatic heterocycles. The van der Waals surface area contributed by atoms with Gasteiger partial charge in [-0.05, 0) is 113 Å². The van der Waals surface area contributed by atoms with Gasteiger partial charge in [0.15, 0.2) is 0 Å². The van der Waals surface area contributed by atoms with Gasteiger partial charge in [-0.25, -0.2) is 19.2 Å². The predicted molar refractivity (Wildman–Crippen MR) is 195 cm³/mol. The zero-order valence-corrected chi connectivity index (χ0v) is 32.6. The molecule has 0 radical (unpaired) electrons. The molecule has 0 spiro atoms. The number of unbranched alkanes of at least 4 members (excludes halogenated alkanes) is 2. The Morgan fingerprint density at radius 2 is 1.04 bits per heavy atom. The van der Waals surface area contributed by atoms with Crippen molar-refractivity contribution in [2.75, 3.05) is 13.1 Å². The Balaban J connectivity index is 2.88. The third-order valence-corrected chi connectivity index (χ3v) is 6.76. The van der Waals surface area contributed by atoms with E-state index in [2.05, 4.69) is 26.6 Å². The molecule has 0 unspecified atom stereocenters. The number of esters is 1. The van der Waals surface area contributed by atoms with Crippen molar-refractivity contribution in [1.82, 2.24) is 26.6 Å². The molecule has 0 heterocycles. The Bertz CT molecular complexity index is 1300. The summed E-state index contributed by atoms with van der Waals surface area (Å²) in [6.45, 7) is 17.7. The minimum atomic E-state index is -1.09. The van der Waals surface area contributed by atoms with Gasteiger partial charge in [-0.2, -0.15) is 0 Å². The quantitative estimate of drug-likeness (QED) is 0.0777. The van der Waals surface area contributed by atoms with Gasteiger partial charge in [0.25, 0.3) is 0 Å². The van der Waals surface area contributed by atoms with Crippen LogP contribution < -0.4 is 26.6 Å². The van der Waals surface area contributed by atoms with Gasteiger partial charge in [-0.15, -0.1) is 0 Å². The highest BCUT2D eigenvalue weighted by molar-refractivity contribution is 5.92. The molecule has 0 saturated carbocycles. The van der Waals surface area contributed by atoms with E-state index in [4.69, 9.17) is 18.9 Å². The molecule has 15 heteroatoms. The predicted octanol–water partition coefficient (Wildman–Crippen LogP) is 5.00. The standard InChI is InChI=1S/C37H61N5O10/c1-25(40-30(44)27(42-34(48)52-37(8,9)10)20-14-16-22-38-32(46)50-35(2,3)4)29(43)41-28(31(45)49-24-26-18-12-11-13-19-26)21-15-17-23-39-33(47)51-36(5,6)7/h11-13,18-19,25,27-28H,14-17,20-24H2,1-10H3,(H,38,46)(H,39,47)(H,40,44)(H,41,43)(H,42,48)/t25-,27-,28-/m0/s1. The molecule has 1 aromatic carbocycles. The number of carbonyl (C=O) groups excluding carboxylic acids is 6. The first-order chi connectivity index (χ1) is 24.0. The number of carbonyl (C=O) groups is 6. The molecular weight excluding hydrogens is 674 g/mol. The number of ether oxygens (including phenoxy) is 4. The lowest BCUT2D eigenvalue weighted by molar-refractivity contribution is -0.149. The second kappa shape index (κ2) is 21.7.